The largest absolute Gasteiger partial charge is 0.465 e. The lowest BCUT2D eigenvalue weighted by atomic mass is 10.0. The van der Waals surface area contributed by atoms with Gasteiger partial charge in [0.05, 0.1) is 13.2 Å². The number of rotatable bonds is 5. The van der Waals surface area contributed by atoms with Crippen molar-refractivity contribution in [2.45, 2.75) is 39.7 Å². The van der Waals surface area contributed by atoms with Crippen LogP contribution in [0.5, 0.6) is 0 Å². The lowest BCUT2D eigenvalue weighted by molar-refractivity contribution is -0.145. The zero-order valence-electron chi connectivity index (χ0n) is 9.39. The Morgan fingerprint density at radius 1 is 1.38 bits per heavy atom. The van der Waals surface area contributed by atoms with Gasteiger partial charge in [0.15, 0.2) is 0 Å². The van der Waals surface area contributed by atoms with Gasteiger partial charge in [-0.1, -0.05) is 6.92 Å². The molecule has 13 heavy (non-hydrogen) atoms. The third-order valence-electron chi connectivity index (χ3n) is 2.57. The zero-order valence-corrected chi connectivity index (χ0v) is 9.39. The second-order valence-electron chi connectivity index (χ2n) is 3.83. The second-order valence-corrected chi connectivity index (χ2v) is 3.83. The molecule has 0 radical (unpaired) electrons. The third kappa shape index (κ3) is 4.27. The first-order chi connectivity index (χ1) is 5.94. The van der Waals surface area contributed by atoms with Crippen molar-refractivity contribution in [3.8, 4) is 0 Å². The summed E-state index contributed by atoms with van der Waals surface area (Å²) in [5.41, 5.74) is 0.0623. The van der Waals surface area contributed by atoms with Crippen LogP contribution in [0.4, 0.5) is 0 Å². The highest BCUT2D eigenvalue weighted by atomic mass is 16.5. The molecular weight excluding hydrogens is 166 g/mol. The van der Waals surface area contributed by atoms with Crippen LogP contribution in [0.15, 0.2) is 0 Å². The highest BCUT2D eigenvalue weighted by molar-refractivity contribution is 5.71. The summed E-state index contributed by atoms with van der Waals surface area (Å²) < 4.78 is 4.87. The summed E-state index contributed by atoms with van der Waals surface area (Å²) in [5, 5.41) is 0. The van der Waals surface area contributed by atoms with Crippen molar-refractivity contribution < 1.29 is 9.53 Å². The fourth-order valence-electron chi connectivity index (χ4n) is 0.884. The molecule has 3 heteroatoms. The quantitative estimate of drug-likeness (QED) is 0.613. The molecule has 0 saturated carbocycles. The van der Waals surface area contributed by atoms with Gasteiger partial charge in [0.25, 0.3) is 0 Å². The summed E-state index contributed by atoms with van der Waals surface area (Å²) in [6, 6.07) is 0. The van der Waals surface area contributed by atoms with Gasteiger partial charge in [-0.2, -0.15) is 0 Å². The van der Waals surface area contributed by atoms with E-state index in [-0.39, 0.29) is 11.5 Å². The maximum absolute atomic E-state index is 11.2. The molecule has 0 aromatic carbocycles. The molecule has 78 valence electrons. The molecule has 0 aliphatic rings. The normalized spacial score (nSPS) is 11.8. The molecule has 0 saturated heterocycles. The number of carbonyl (C=O) groups is 1. The van der Waals surface area contributed by atoms with E-state index in [0.717, 1.165) is 6.42 Å². The second kappa shape index (κ2) is 5.22. The number of hydrogen-bond donors (Lipinski definition) is 0. The first kappa shape index (κ1) is 12.4. The molecule has 3 nitrogen and oxygen atoms in total. The molecule has 0 N–H and O–H groups in total. The standard InChI is InChI=1S/C10H21NO2/c1-6-10(3,4)11(5)8-9(12)13-7-2/h6-8H2,1-5H3. The van der Waals surface area contributed by atoms with Crippen LogP contribution in [0.1, 0.15) is 34.1 Å². The number of esters is 1. The molecule has 0 rings (SSSR count). The summed E-state index contributed by atoms with van der Waals surface area (Å²) in [5.74, 6) is -0.147. The predicted molar refractivity (Wildman–Crippen MR) is 53.6 cm³/mol. The minimum Gasteiger partial charge on any atom is -0.465 e. The van der Waals surface area contributed by atoms with Crippen molar-refractivity contribution in [3.63, 3.8) is 0 Å². The summed E-state index contributed by atoms with van der Waals surface area (Å²) in [6.45, 7) is 9.00. The molecule has 0 aliphatic carbocycles. The van der Waals surface area contributed by atoms with Gasteiger partial charge in [0.2, 0.25) is 0 Å². The van der Waals surface area contributed by atoms with Crippen molar-refractivity contribution in [1.82, 2.24) is 4.90 Å². The number of nitrogens with zero attached hydrogens (tertiary/aromatic N) is 1. The van der Waals surface area contributed by atoms with E-state index in [1.807, 2.05) is 18.9 Å². The van der Waals surface area contributed by atoms with E-state index in [1.165, 1.54) is 0 Å². The summed E-state index contributed by atoms with van der Waals surface area (Å²) in [4.78, 5) is 13.2. The van der Waals surface area contributed by atoms with Crippen molar-refractivity contribution in [2.24, 2.45) is 0 Å². The predicted octanol–water partition coefficient (Wildman–Crippen LogP) is 1.67. The number of hydrogen-bond acceptors (Lipinski definition) is 3. The van der Waals surface area contributed by atoms with E-state index in [0.29, 0.717) is 13.2 Å². The summed E-state index contributed by atoms with van der Waals surface area (Å²) >= 11 is 0. The van der Waals surface area contributed by atoms with Crippen LogP contribution in [0.2, 0.25) is 0 Å². The van der Waals surface area contributed by atoms with Gasteiger partial charge in [0.1, 0.15) is 0 Å². The molecule has 0 atom stereocenters. The molecule has 0 amide bonds. The van der Waals surface area contributed by atoms with Gasteiger partial charge in [-0.15, -0.1) is 0 Å². The van der Waals surface area contributed by atoms with Gasteiger partial charge >= 0.3 is 5.97 Å². The lowest BCUT2D eigenvalue weighted by Gasteiger charge is -2.33. The Hall–Kier alpha value is -0.570. The Balaban J connectivity index is 3.99. The first-order valence-corrected chi connectivity index (χ1v) is 4.81. The monoisotopic (exact) mass is 187 g/mol. The van der Waals surface area contributed by atoms with Crippen LogP contribution in [0, 0.1) is 0 Å². The number of likely N-dealkylation sites (N-methyl/N-ethyl adjacent to an activating group) is 1. The van der Waals surface area contributed by atoms with Gasteiger partial charge in [-0.05, 0) is 34.2 Å². The van der Waals surface area contributed by atoms with Crippen molar-refractivity contribution >= 4 is 5.97 Å². The average molecular weight is 187 g/mol. The van der Waals surface area contributed by atoms with E-state index in [2.05, 4.69) is 20.8 Å². The first-order valence-electron chi connectivity index (χ1n) is 4.81. The molecule has 0 spiro atoms. The Morgan fingerprint density at radius 3 is 2.31 bits per heavy atom. The van der Waals surface area contributed by atoms with E-state index in [1.54, 1.807) is 0 Å². The van der Waals surface area contributed by atoms with Gasteiger partial charge in [-0.3, -0.25) is 9.69 Å². The van der Waals surface area contributed by atoms with E-state index in [4.69, 9.17) is 4.74 Å². The Bertz CT molecular complexity index is 166. The molecule has 0 bridgehead atoms. The minimum absolute atomic E-state index is 0.0623. The van der Waals surface area contributed by atoms with Crippen molar-refractivity contribution in [2.75, 3.05) is 20.2 Å². The van der Waals surface area contributed by atoms with Crippen LogP contribution >= 0.6 is 0 Å². The van der Waals surface area contributed by atoms with E-state index in [9.17, 15) is 4.79 Å². The van der Waals surface area contributed by atoms with Crippen LogP contribution in [0.25, 0.3) is 0 Å². The molecule has 0 fully saturated rings. The van der Waals surface area contributed by atoms with Crippen LogP contribution in [0.3, 0.4) is 0 Å². The van der Waals surface area contributed by atoms with Crippen LogP contribution < -0.4 is 0 Å². The Labute approximate surface area is 81.1 Å². The molecule has 0 heterocycles. The number of ether oxygens (including phenoxy) is 1. The van der Waals surface area contributed by atoms with Crippen LogP contribution in [-0.4, -0.2) is 36.6 Å². The average Bonchev–Trinajstić information content (AvgIpc) is 2.04. The zero-order chi connectivity index (χ0) is 10.5. The van der Waals surface area contributed by atoms with Crippen molar-refractivity contribution in [1.29, 1.82) is 0 Å². The number of carbonyl (C=O) groups excluding carboxylic acids is 1. The lowest BCUT2D eigenvalue weighted by Crippen LogP contribution is -2.43. The highest BCUT2D eigenvalue weighted by Crippen LogP contribution is 2.15. The maximum Gasteiger partial charge on any atom is 0.320 e. The molecule has 0 unspecified atom stereocenters. The van der Waals surface area contributed by atoms with Crippen molar-refractivity contribution in [3.05, 3.63) is 0 Å². The highest BCUT2D eigenvalue weighted by Gasteiger charge is 2.23. The SMILES string of the molecule is CCOC(=O)CN(C)C(C)(C)CC. The van der Waals surface area contributed by atoms with Gasteiger partial charge in [0, 0.05) is 5.54 Å². The summed E-state index contributed by atoms with van der Waals surface area (Å²) in [6.07, 6.45) is 1.02. The molecule has 0 aromatic heterocycles. The topological polar surface area (TPSA) is 29.5 Å². The van der Waals surface area contributed by atoms with Gasteiger partial charge < -0.3 is 4.74 Å². The molecular formula is C10H21NO2. The smallest absolute Gasteiger partial charge is 0.320 e. The van der Waals surface area contributed by atoms with Gasteiger partial charge in [-0.25, -0.2) is 0 Å². The van der Waals surface area contributed by atoms with E-state index < -0.39 is 0 Å². The van der Waals surface area contributed by atoms with E-state index >= 15 is 0 Å². The molecule has 0 aromatic rings. The Morgan fingerprint density at radius 2 is 1.92 bits per heavy atom. The maximum atomic E-state index is 11.2. The molecule has 0 aliphatic heterocycles. The minimum atomic E-state index is -0.147. The fraction of sp³-hybridized carbons (Fsp3) is 0.900. The summed E-state index contributed by atoms with van der Waals surface area (Å²) in [7, 11) is 1.94. The fourth-order valence-corrected chi connectivity index (χ4v) is 0.884. The third-order valence-corrected chi connectivity index (χ3v) is 2.57. The van der Waals surface area contributed by atoms with Crippen LogP contribution in [-0.2, 0) is 9.53 Å². The Kier molecular flexibility index (Phi) is 4.99.